The first-order valence-electron chi connectivity index (χ1n) is 7.96. The normalized spacial score (nSPS) is 32.5. The van der Waals surface area contributed by atoms with E-state index in [4.69, 9.17) is 21.1 Å². The van der Waals surface area contributed by atoms with Gasteiger partial charge in [0.1, 0.15) is 6.10 Å². The van der Waals surface area contributed by atoms with Crippen LogP contribution < -0.4 is 5.32 Å². The summed E-state index contributed by atoms with van der Waals surface area (Å²) >= 11 is 5.96. The molecule has 2 bridgehead atoms. The largest absolute Gasteiger partial charge is 0.462 e. The Morgan fingerprint density at radius 3 is 2.88 bits per heavy atom. The van der Waals surface area contributed by atoms with E-state index in [9.17, 15) is 14.4 Å². The van der Waals surface area contributed by atoms with Crippen molar-refractivity contribution in [1.29, 1.82) is 0 Å². The smallest absolute Gasteiger partial charge is 0.310 e. The number of ether oxygens (including phenoxy) is 2. The van der Waals surface area contributed by atoms with Gasteiger partial charge in [-0.15, -0.1) is 0 Å². The average molecular weight is 350 g/mol. The van der Waals surface area contributed by atoms with Crippen molar-refractivity contribution < 1.29 is 23.9 Å². The number of rotatable bonds is 4. The maximum Gasteiger partial charge on any atom is 0.310 e. The fraction of sp³-hybridized carbons (Fsp3) is 0.471. The van der Waals surface area contributed by atoms with E-state index in [0.717, 1.165) is 12.8 Å². The first-order valence-corrected chi connectivity index (χ1v) is 8.34. The van der Waals surface area contributed by atoms with Crippen LogP contribution in [0.4, 0.5) is 5.69 Å². The molecule has 2 saturated carbocycles. The minimum atomic E-state index is -0.487. The highest BCUT2D eigenvalue weighted by Crippen LogP contribution is 2.57. The lowest BCUT2D eigenvalue weighted by Crippen LogP contribution is -2.34. The molecule has 0 radical (unpaired) electrons. The van der Waals surface area contributed by atoms with Crippen molar-refractivity contribution in [3.63, 3.8) is 0 Å². The molecule has 5 atom stereocenters. The molecule has 3 fully saturated rings. The number of anilines is 1. The molecular weight excluding hydrogens is 334 g/mol. The summed E-state index contributed by atoms with van der Waals surface area (Å²) in [5.74, 6) is -1.87. The highest BCUT2D eigenvalue weighted by atomic mass is 35.5. The van der Waals surface area contributed by atoms with E-state index in [1.54, 1.807) is 24.3 Å². The van der Waals surface area contributed by atoms with Crippen molar-refractivity contribution in [3.8, 4) is 0 Å². The third-order valence-corrected chi connectivity index (χ3v) is 5.58. The van der Waals surface area contributed by atoms with E-state index in [-0.39, 0.29) is 23.9 Å². The summed E-state index contributed by atoms with van der Waals surface area (Å²) in [6.07, 6.45) is 1.52. The minimum absolute atomic E-state index is 0.0277. The monoisotopic (exact) mass is 349 g/mol. The molecule has 1 N–H and O–H groups in total. The quantitative estimate of drug-likeness (QED) is 0.841. The summed E-state index contributed by atoms with van der Waals surface area (Å²) in [7, 11) is 0. The van der Waals surface area contributed by atoms with Gasteiger partial charge in [-0.25, -0.2) is 0 Å². The lowest BCUT2D eigenvalue weighted by molar-refractivity contribution is -0.157. The Labute approximate surface area is 143 Å². The van der Waals surface area contributed by atoms with Crippen LogP contribution in [0.2, 0.25) is 5.02 Å². The summed E-state index contributed by atoms with van der Waals surface area (Å²) in [5.41, 5.74) is 0.461. The number of para-hydroxylation sites is 1. The Balaban J connectivity index is 1.35. The average Bonchev–Trinajstić information content (AvgIpc) is 3.16. The molecule has 126 valence electrons. The zero-order valence-electron chi connectivity index (χ0n) is 12.7. The van der Waals surface area contributed by atoms with E-state index in [0.29, 0.717) is 10.7 Å². The van der Waals surface area contributed by atoms with Gasteiger partial charge in [0, 0.05) is 5.92 Å². The van der Waals surface area contributed by atoms with Crippen LogP contribution in [-0.2, 0) is 23.9 Å². The molecule has 4 rings (SSSR count). The lowest BCUT2D eigenvalue weighted by Gasteiger charge is -2.22. The standard InChI is InChI=1S/C17H16ClNO5/c18-10-3-1-2-4-11(10)19-13(20)7-23-16(21)14-8-5-9-12(6-8)24-17(22)15(9)14/h1-4,8-9,12,14-15H,5-7H2,(H,19,20)/t8-,9-,12-,14+,15+/m1/s1. The van der Waals surface area contributed by atoms with E-state index in [1.165, 1.54) is 0 Å². The van der Waals surface area contributed by atoms with Crippen LogP contribution in [0.15, 0.2) is 24.3 Å². The van der Waals surface area contributed by atoms with Gasteiger partial charge in [-0.05, 0) is 30.9 Å². The first-order chi connectivity index (χ1) is 11.5. The number of amides is 1. The van der Waals surface area contributed by atoms with Crippen LogP contribution in [0.25, 0.3) is 0 Å². The molecule has 0 aromatic heterocycles. The Bertz CT molecular complexity index is 719. The van der Waals surface area contributed by atoms with Crippen molar-refractivity contribution in [2.75, 3.05) is 11.9 Å². The molecule has 1 amide bonds. The maximum atomic E-state index is 12.4. The van der Waals surface area contributed by atoms with Crippen molar-refractivity contribution in [2.45, 2.75) is 18.9 Å². The van der Waals surface area contributed by atoms with Gasteiger partial charge < -0.3 is 14.8 Å². The van der Waals surface area contributed by atoms with Crippen LogP contribution in [0.1, 0.15) is 12.8 Å². The van der Waals surface area contributed by atoms with E-state index < -0.39 is 30.3 Å². The van der Waals surface area contributed by atoms with Crippen LogP contribution in [0, 0.1) is 23.7 Å². The van der Waals surface area contributed by atoms with E-state index in [2.05, 4.69) is 5.32 Å². The third-order valence-electron chi connectivity index (χ3n) is 5.25. The number of benzene rings is 1. The van der Waals surface area contributed by atoms with Crippen molar-refractivity contribution in [1.82, 2.24) is 0 Å². The number of fused-ring (bicyclic) bond motifs is 1. The van der Waals surface area contributed by atoms with Gasteiger partial charge in [0.15, 0.2) is 6.61 Å². The van der Waals surface area contributed by atoms with Gasteiger partial charge in [0.2, 0.25) is 0 Å². The Morgan fingerprint density at radius 2 is 2.08 bits per heavy atom. The molecule has 24 heavy (non-hydrogen) atoms. The molecule has 3 aliphatic rings. The lowest BCUT2D eigenvalue weighted by atomic mass is 9.80. The maximum absolute atomic E-state index is 12.4. The Morgan fingerprint density at radius 1 is 1.29 bits per heavy atom. The Kier molecular flexibility index (Phi) is 3.72. The predicted molar refractivity (Wildman–Crippen MR) is 84.1 cm³/mol. The van der Waals surface area contributed by atoms with Crippen LogP contribution >= 0.6 is 11.6 Å². The molecule has 1 aromatic rings. The van der Waals surface area contributed by atoms with Gasteiger partial charge >= 0.3 is 11.9 Å². The number of halogens is 1. The number of esters is 2. The van der Waals surface area contributed by atoms with Gasteiger partial charge in [-0.2, -0.15) is 0 Å². The molecule has 0 spiro atoms. The second-order valence-electron chi connectivity index (χ2n) is 6.56. The number of carbonyl (C=O) groups is 3. The summed E-state index contributed by atoms with van der Waals surface area (Å²) in [6, 6.07) is 6.80. The molecule has 7 heteroatoms. The zero-order valence-corrected chi connectivity index (χ0v) is 13.5. The van der Waals surface area contributed by atoms with E-state index >= 15 is 0 Å². The minimum Gasteiger partial charge on any atom is -0.462 e. The van der Waals surface area contributed by atoms with E-state index in [1.807, 2.05) is 0 Å². The zero-order chi connectivity index (χ0) is 16.8. The van der Waals surface area contributed by atoms with Crippen LogP contribution in [0.3, 0.4) is 0 Å². The molecule has 6 nitrogen and oxygen atoms in total. The van der Waals surface area contributed by atoms with Gasteiger partial charge in [0.05, 0.1) is 22.5 Å². The summed E-state index contributed by atoms with van der Waals surface area (Å²) in [6.45, 7) is -0.400. The first kappa shape index (κ1) is 15.4. The SMILES string of the molecule is O=C(COC(=O)[C@H]1[C@@H]2C[C@H]3[C@@H]1C(=O)O[C@@H]3C2)Nc1ccccc1Cl. The van der Waals surface area contributed by atoms with Crippen LogP contribution in [0.5, 0.6) is 0 Å². The van der Waals surface area contributed by atoms with Crippen molar-refractivity contribution in [3.05, 3.63) is 29.3 Å². The second kappa shape index (κ2) is 5.77. The molecule has 0 unspecified atom stereocenters. The molecule has 1 heterocycles. The predicted octanol–water partition coefficient (Wildman–Crippen LogP) is 2.02. The number of nitrogens with one attached hydrogen (secondary N) is 1. The van der Waals surface area contributed by atoms with Gasteiger partial charge in [-0.1, -0.05) is 23.7 Å². The highest BCUT2D eigenvalue weighted by molar-refractivity contribution is 6.33. The summed E-state index contributed by atoms with van der Waals surface area (Å²) in [5, 5.41) is 3.00. The fourth-order valence-corrected chi connectivity index (χ4v) is 4.49. The third kappa shape index (κ3) is 2.45. The number of hydrogen-bond acceptors (Lipinski definition) is 5. The summed E-state index contributed by atoms with van der Waals surface area (Å²) in [4.78, 5) is 36.2. The highest BCUT2D eigenvalue weighted by Gasteiger charge is 2.64. The molecule has 1 saturated heterocycles. The van der Waals surface area contributed by atoms with Gasteiger partial charge in [-0.3, -0.25) is 14.4 Å². The van der Waals surface area contributed by atoms with Crippen LogP contribution in [-0.4, -0.2) is 30.6 Å². The summed E-state index contributed by atoms with van der Waals surface area (Å²) < 4.78 is 10.4. The fourth-order valence-electron chi connectivity index (χ4n) is 4.31. The molecule has 1 aliphatic heterocycles. The van der Waals surface area contributed by atoms with Crippen molar-refractivity contribution >= 4 is 35.1 Å². The Hall–Kier alpha value is -2.08. The molecule has 2 aliphatic carbocycles. The second-order valence-corrected chi connectivity index (χ2v) is 6.97. The molecule has 1 aromatic carbocycles. The number of hydrogen-bond donors (Lipinski definition) is 1. The molecular formula is C17H16ClNO5. The number of carbonyl (C=O) groups excluding carboxylic acids is 3. The van der Waals surface area contributed by atoms with Gasteiger partial charge in [0.25, 0.3) is 5.91 Å². The topological polar surface area (TPSA) is 81.7 Å². The van der Waals surface area contributed by atoms with Crippen molar-refractivity contribution in [2.24, 2.45) is 23.7 Å².